The predicted octanol–water partition coefficient (Wildman–Crippen LogP) is 5.59. The van der Waals surface area contributed by atoms with Crippen molar-refractivity contribution < 1.29 is 45.8 Å². The Morgan fingerprint density at radius 2 is 1.69 bits per heavy atom. The average Bonchev–Trinajstić information content (AvgIpc) is 3.36. The maximum Gasteiger partial charge on any atom is 0.453 e. The quantitative estimate of drug-likeness (QED) is 0.255. The Balaban J connectivity index is 1.70. The molecule has 0 atom stereocenters. The van der Waals surface area contributed by atoms with Crippen molar-refractivity contribution in [1.82, 2.24) is 0 Å². The van der Waals surface area contributed by atoms with Gasteiger partial charge in [-0.25, -0.2) is 9.59 Å². The number of fused-ring (bicyclic) bond motifs is 1. The molecule has 35 heavy (non-hydrogen) atoms. The van der Waals surface area contributed by atoms with Crippen LogP contribution < -0.4 is 14.9 Å². The second kappa shape index (κ2) is 9.37. The highest BCUT2D eigenvalue weighted by Gasteiger charge is 2.40. The monoisotopic (exact) mass is 488 g/mol. The number of carbonyl (C=O) groups excluding carboxylic acids is 2. The van der Waals surface area contributed by atoms with E-state index in [1.54, 1.807) is 6.92 Å². The highest BCUT2D eigenvalue weighted by molar-refractivity contribution is 5.90. The first-order valence-electron chi connectivity index (χ1n) is 10.1. The lowest BCUT2D eigenvalue weighted by atomic mass is 10.2. The Hall–Kier alpha value is -4.54. The fourth-order valence-corrected chi connectivity index (χ4v) is 3.04. The molecule has 2 aromatic heterocycles. The van der Waals surface area contributed by atoms with Crippen LogP contribution in [0, 0.1) is 0 Å². The molecule has 11 heteroatoms. The Bertz CT molecular complexity index is 1430. The molecule has 0 aliphatic rings. The van der Waals surface area contributed by atoms with Gasteiger partial charge in [-0.1, -0.05) is 0 Å². The van der Waals surface area contributed by atoms with Gasteiger partial charge in [-0.15, -0.1) is 0 Å². The molecule has 180 valence electrons. The maximum absolute atomic E-state index is 13.7. The van der Waals surface area contributed by atoms with Crippen LogP contribution >= 0.6 is 0 Å². The Kier molecular flexibility index (Phi) is 6.32. The van der Waals surface area contributed by atoms with E-state index in [4.69, 9.17) is 23.0 Å². The Labute approximate surface area is 194 Å². The first-order valence-corrected chi connectivity index (χ1v) is 10.1. The predicted molar refractivity (Wildman–Crippen MR) is 114 cm³/mol. The number of benzene rings is 2. The summed E-state index contributed by atoms with van der Waals surface area (Å²) < 4.78 is 66.2. The van der Waals surface area contributed by atoms with Gasteiger partial charge < -0.3 is 23.0 Å². The molecule has 2 heterocycles. The summed E-state index contributed by atoms with van der Waals surface area (Å²) in [4.78, 5) is 36.7. The van der Waals surface area contributed by atoms with E-state index in [0.29, 0.717) is 0 Å². The Morgan fingerprint density at radius 3 is 2.31 bits per heavy atom. The van der Waals surface area contributed by atoms with E-state index in [1.165, 1.54) is 48.7 Å². The van der Waals surface area contributed by atoms with E-state index >= 15 is 0 Å². The molecular weight excluding hydrogens is 473 g/mol. The zero-order chi connectivity index (χ0) is 25.2. The smallest absolute Gasteiger partial charge is 0.453 e. The van der Waals surface area contributed by atoms with Crippen molar-refractivity contribution in [1.29, 1.82) is 0 Å². The first kappa shape index (κ1) is 23.6. The number of alkyl halides is 3. The van der Waals surface area contributed by atoms with Gasteiger partial charge in [0.1, 0.15) is 17.1 Å². The number of hydrogen-bond donors (Lipinski definition) is 0. The van der Waals surface area contributed by atoms with Crippen LogP contribution in [0.3, 0.4) is 0 Å². The van der Waals surface area contributed by atoms with Crippen LogP contribution in [0.1, 0.15) is 33.6 Å². The molecule has 0 aliphatic heterocycles. The number of hydrogen-bond acceptors (Lipinski definition) is 8. The molecular formula is C24H15F3O8. The van der Waals surface area contributed by atoms with Gasteiger partial charge in [0.25, 0.3) is 5.76 Å². The number of rotatable bonds is 6. The van der Waals surface area contributed by atoms with Gasteiger partial charge >= 0.3 is 18.1 Å². The number of halogens is 3. The number of furan rings is 1. The fraction of sp³-hybridized carbons (Fsp3) is 0.125. The second-order valence-electron chi connectivity index (χ2n) is 6.96. The van der Waals surface area contributed by atoms with E-state index in [-0.39, 0.29) is 34.8 Å². The summed E-state index contributed by atoms with van der Waals surface area (Å²) >= 11 is 0. The molecule has 8 nitrogen and oxygen atoms in total. The van der Waals surface area contributed by atoms with Gasteiger partial charge in [0, 0.05) is 6.07 Å². The van der Waals surface area contributed by atoms with Crippen molar-refractivity contribution >= 4 is 22.9 Å². The topological polar surface area (TPSA) is 105 Å². The molecule has 0 amide bonds. The van der Waals surface area contributed by atoms with Crippen LogP contribution in [0.2, 0.25) is 0 Å². The van der Waals surface area contributed by atoms with E-state index in [9.17, 15) is 27.6 Å². The highest BCUT2D eigenvalue weighted by atomic mass is 19.4. The van der Waals surface area contributed by atoms with Crippen LogP contribution in [0.4, 0.5) is 13.2 Å². The van der Waals surface area contributed by atoms with Crippen molar-refractivity contribution in [2.45, 2.75) is 13.1 Å². The van der Waals surface area contributed by atoms with Crippen LogP contribution in [0.25, 0.3) is 11.0 Å². The third kappa shape index (κ3) is 5.03. The molecule has 0 saturated heterocycles. The normalized spacial score (nSPS) is 11.3. The van der Waals surface area contributed by atoms with Crippen molar-refractivity contribution in [3.8, 4) is 17.2 Å². The summed E-state index contributed by atoms with van der Waals surface area (Å²) in [7, 11) is 0. The minimum absolute atomic E-state index is 0.125. The molecule has 0 spiro atoms. The van der Waals surface area contributed by atoms with Gasteiger partial charge in [-0.2, -0.15) is 13.2 Å². The van der Waals surface area contributed by atoms with Crippen LogP contribution in [0.5, 0.6) is 17.2 Å². The lowest BCUT2D eigenvalue weighted by Gasteiger charge is -2.13. The van der Waals surface area contributed by atoms with Gasteiger partial charge in [-0.05, 0) is 55.5 Å². The lowest BCUT2D eigenvalue weighted by molar-refractivity contribution is -0.154. The summed E-state index contributed by atoms with van der Waals surface area (Å²) in [6, 6.07) is 11.1. The second-order valence-corrected chi connectivity index (χ2v) is 6.96. The first-order chi connectivity index (χ1) is 16.7. The number of carbonyl (C=O) groups is 2. The molecule has 2 aromatic carbocycles. The van der Waals surface area contributed by atoms with Crippen LogP contribution in [0.15, 0.2) is 74.5 Å². The summed E-state index contributed by atoms with van der Waals surface area (Å²) in [6.07, 6.45) is -3.84. The number of ether oxygens (including phenoxy) is 3. The van der Waals surface area contributed by atoms with E-state index < -0.39 is 40.6 Å². The average molecular weight is 488 g/mol. The molecule has 4 rings (SSSR count). The van der Waals surface area contributed by atoms with Gasteiger partial charge in [0.05, 0.1) is 23.8 Å². The van der Waals surface area contributed by atoms with E-state index in [2.05, 4.69) is 0 Å². The maximum atomic E-state index is 13.7. The minimum Gasteiger partial charge on any atom is -0.462 e. The SMILES string of the molecule is CCOC(=O)c1ccc(Oc2c(C(F)(F)F)oc3cc(OC(=O)c4ccco4)ccc3c2=O)cc1. The fourth-order valence-electron chi connectivity index (χ4n) is 3.04. The molecule has 0 saturated carbocycles. The Morgan fingerprint density at radius 1 is 0.971 bits per heavy atom. The molecule has 4 aromatic rings. The largest absolute Gasteiger partial charge is 0.462 e. The summed E-state index contributed by atoms with van der Waals surface area (Å²) in [6.45, 7) is 1.77. The summed E-state index contributed by atoms with van der Waals surface area (Å²) in [5, 5.41) is -0.242. The van der Waals surface area contributed by atoms with Crippen molar-refractivity contribution in [2.24, 2.45) is 0 Å². The zero-order valence-electron chi connectivity index (χ0n) is 17.9. The molecule has 0 bridgehead atoms. The minimum atomic E-state index is -5.09. The molecule has 0 N–H and O–H groups in total. The van der Waals surface area contributed by atoms with Gasteiger partial charge in [-0.3, -0.25) is 4.79 Å². The van der Waals surface area contributed by atoms with Crippen LogP contribution in [-0.4, -0.2) is 18.5 Å². The molecule has 0 fully saturated rings. The van der Waals surface area contributed by atoms with Crippen molar-refractivity contribution in [3.63, 3.8) is 0 Å². The molecule has 0 aliphatic carbocycles. The summed E-state index contributed by atoms with van der Waals surface area (Å²) in [5.74, 6) is -4.71. The van der Waals surface area contributed by atoms with Crippen LogP contribution in [-0.2, 0) is 10.9 Å². The lowest BCUT2D eigenvalue weighted by Crippen LogP contribution is -2.15. The van der Waals surface area contributed by atoms with Crippen molar-refractivity contribution in [3.05, 3.63) is 88.2 Å². The van der Waals surface area contributed by atoms with E-state index in [1.807, 2.05) is 0 Å². The zero-order valence-corrected chi connectivity index (χ0v) is 17.9. The van der Waals surface area contributed by atoms with Gasteiger partial charge in [0.15, 0.2) is 0 Å². The highest BCUT2D eigenvalue weighted by Crippen LogP contribution is 2.38. The molecule has 0 unspecified atom stereocenters. The number of esters is 2. The van der Waals surface area contributed by atoms with E-state index in [0.717, 1.165) is 12.1 Å². The summed E-state index contributed by atoms with van der Waals surface area (Å²) in [5.41, 5.74) is -1.42. The molecule has 0 radical (unpaired) electrons. The van der Waals surface area contributed by atoms with Crippen molar-refractivity contribution in [2.75, 3.05) is 6.61 Å². The van der Waals surface area contributed by atoms with Gasteiger partial charge in [0.2, 0.25) is 16.9 Å². The third-order valence-corrected chi connectivity index (χ3v) is 4.60. The standard InChI is InChI=1S/C24H15F3O8/c1-2-31-22(29)13-5-7-14(8-6-13)33-20-19(28)16-10-9-15(34-23(30)17-4-3-11-32-17)12-18(16)35-21(20)24(25,26)27/h3-12H,2H2,1H3. The third-order valence-electron chi connectivity index (χ3n) is 4.60.